The minimum Gasteiger partial charge on any atom is -0.327 e. The summed E-state index contributed by atoms with van der Waals surface area (Å²) < 4.78 is 13.8. The first-order valence-electron chi connectivity index (χ1n) is 6.09. The van der Waals surface area contributed by atoms with Crippen LogP contribution in [0.5, 0.6) is 0 Å². The smallest absolute Gasteiger partial charge is 0.124 e. The van der Waals surface area contributed by atoms with Crippen LogP contribution in [0.25, 0.3) is 0 Å². The Bertz CT molecular complexity index is 565. The minimum atomic E-state index is -0.269. The van der Waals surface area contributed by atoms with E-state index in [1.54, 1.807) is 18.2 Å². The summed E-state index contributed by atoms with van der Waals surface area (Å²) in [5.41, 5.74) is 8.08. The fraction of sp³-hybridized carbons (Fsp3) is 0.200. The van der Waals surface area contributed by atoms with Gasteiger partial charge in [-0.3, -0.25) is 0 Å². The molecule has 1 atom stereocenters. The number of hydrogen-bond donors (Lipinski definition) is 1. The first kappa shape index (κ1) is 15.8. The molecule has 2 aromatic carbocycles. The van der Waals surface area contributed by atoms with Crippen molar-refractivity contribution < 1.29 is 4.39 Å². The summed E-state index contributed by atoms with van der Waals surface area (Å²) >= 11 is 15.3. The van der Waals surface area contributed by atoms with Gasteiger partial charge in [-0.1, -0.05) is 51.3 Å². The van der Waals surface area contributed by atoms with Gasteiger partial charge < -0.3 is 5.73 Å². The molecule has 0 aromatic heterocycles. The number of rotatable bonds is 4. The van der Waals surface area contributed by atoms with Crippen LogP contribution < -0.4 is 5.73 Å². The monoisotopic (exact) mass is 375 g/mol. The Labute approximate surface area is 136 Å². The Morgan fingerprint density at radius 2 is 1.70 bits per heavy atom. The van der Waals surface area contributed by atoms with E-state index in [4.69, 9.17) is 28.9 Å². The number of hydrogen-bond acceptors (Lipinski definition) is 1. The van der Waals surface area contributed by atoms with Crippen LogP contribution in [0.4, 0.5) is 4.39 Å². The predicted octanol–water partition coefficient (Wildman–Crippen LogP) is 5.01. The van der Waals surface area contributed by atoms with Crippen molar-refractivity contribution in [2.45, 2.75) is 18.9 Å². The maximum atomic E-state index is 13.0. The summed E-state index contributed by atoms with van der Waals surface area (Å²) in [7, 11) is 0. The molecule has 0 saturated carbocycles. The second kappa shape index (κ2) is 6.90. The summed E-state index contributed by atoms with van der Waals surface area (Å²) in [5, 5.41) is 1.22. The van der Waals surface area contributed by atoms with Crippen molar-refractivity contribution in [1.29, 1.82) is 0 Å². The van der Waals surface area contributed by atoms with E-state index in [0.29, 0.717) is 22.9 Å². The summed E-state index contributed by atoms with van der Waals surface area (Å²) in [5.74, 6) is -0.269. The van der Waals surface area contributed by atoms with Crippen LogP contribution in [0.3, 0.4) is 0 Å². The zero-order valence-electron chi connectivity index (χ0n) is 10.5. The average Bonchev–Trinajstić information content (AvgIpc) is 2.36. The molecule has 0 aliphatic carbocycles. The van der Waals surface area contributed by atoms with Gasteiger partial charge in [0, 0.05) is 20.6 Å². The van der Waals surface area contributed by atoms with E-state index in [9.17, 15) is 4.39 Å². The van der Waals surface area contributed by atoms with Crippen LogP contribution in [0.1, 0.15) is 11.1 Å². The van der Waals surface area contributed by atoms with Gasteiger partial charge in [-0.15, -0.1) is 0 Å². The quantitative estimate of drug-likeness (QED) is 0.797. The van der Waals surface area contributed by atoms with E-state index >= 15 is 0 Å². The van der Waals surface area contributed by atoms with Gasteiger partial charge in [0.05, 0.1) is 0 Å². The molecule has 0 spiro atoms. The third-order valence-corrected chi connectivity index (χ3v) is 4.32. The molecule has 0 aliphatic heterocycles. The molecule has 0 radical (unpaired) electrons. The lowest BCUT2D eigenvalue weighted by molar-refractivity contribution is 0.622. The molecular formula is C15H13BrCl2FN. The number of benzene rings is 2. The molecule has 0 saturated heterocycles. The first-order chi connectivity index (χ1) is 9.45. The highest BCUT2D eigenvalue weighted by atomic mass is 79.9. The molecule has 106 valence electrons. The van der Waals surface area contributed by atoms with Gasteiger partial charge in [0.15, 0.2) is 0 Å². The van der Waals surface area contributed by atoms with E-state index in [0.717, 1.165) is 15.6 Å². The van der Waals surface area contributed by atoms with Gasteiger partial charge in [0.2, 0.25) is 0 Å². The van der Waals surface area contributed by atoms with E-state index < -0.39 is 0 Å². The summed E-state index contributed by atoms with van der Waals surface area (Å²) in [6, 6.07) is 9.89. The second-order valence-corrected chi connectivity index (χ2v) is 6.34. The zero-order valence-corrected chi connectivity index (χ0v) is 13.6. The largest absolute Gasteiger partial charge is 0.327 e. The normalized spacial score (nSPS) is 12.4. The Morgan fingerprint density at radius 3 is 2.35 bits per heavy atom. The van der Waals surface area contributed by atoms with E-state index in [1.807, 2.05) is 6.07 Å². The van der Waals surface area contributed by atoms with Crippen molar-refractivity contribution in [2.24, 2.45) is 5.73 Å². The number of nitrogens with two attached hydrogens (primary N) is 1. The second-order valence-electron chi connectivity index (χ2n) is 4.64. The average molecular weight is 377 g/mol. The van der Waals surface area contributed by atoms with Gasteiger partial charge in [-0.05, 0) is 48.2 Å². The molecular weight excluding hydrogens is 364 g/mol. The van der Waals surface area contributed by atoms with Gasteiger partial charge in [-0.2, -0.15) is 0 Å². The van der Waals surface area contributed by atoms with Gasteiger partial charge in [0.1, 0.15) is 5.82 Å². The molecule has 20 heavy (non-hydrogen) atoms. The Balaban J connectivity index is 2.07. The highest BCUT2D eigenvalue weighted by Crippen LogP contribution is 2.24. The Hall–Kier alpha value is -0.610. The molecule has 0 fully saturated rings. The molecule has 5 heteroatoms. The molecule has 0 amide bonds. The van der Waals surface area contributed by atoms with Crippen molar-refractivity contribution in [3.8, 4) is 0 Å². The molecule has 0 bridgehead atoms. The van der Waals surface area contributed by atoms with Crippen LogP contribution in [-0.2, 0) is 12.8 Å². The van der Waals surface area contributed by atoms with Crippen LogP contribution >= 0.6 is 39.1 Å². The molecule has 2 N–H and O–H groups in total. The maximum Gasteiger partial charge on any atom is 0.124 e. The highest BCUT2D eigenvalue weighted by Gasteiger charge is 2.11. The lowest BCUT2D eigenvalue weighted by atomic mass is 10.00. The first-order valence-corrected chi connectivity index (χ1v) is 7.64. The molecule has 1 nitrogen and oxygen atoms in total. The summed E-state index contributed by atoms with van der Waals surface area (Å²) in [4.78, 5) is 0. The van der Waals surface area contributed by atoms with Crippen molar-refractivity contribution in [1.82, 2.24) is 0 Å². The van der Waals surface area contributed by atoms with E-state index in [-0.39, 0.29) is 11.9 Å². The van der Waals surface area contributed by atoms with E-state index in [1.165, 1.54) is 12.1 Å². The third-order valence-electron chi connectivity index (χ3n) is 2.99. The van der Waals surface area contributed by atoms with Gasteiger partial charge in [-0.25, -0.2) is 4.39 Å². The van der Waals surface area contributed by atoms with Gasteiger partial charge in [0.25, 0.3) is 0 Å². The SMILES string of the molecule is NC(Cc1ccc(Cl)cc1Cl)Cc1ccc(F)cc1Br. The third kappa shape index (κ3) is 4.19. The van der Waals surface area contributed by atoms with Crippen LogP contribution in [-0.4, -0.2) is 6.04 Å². The topological polar surface area (TPSA) is 26.0 Å². The Kier molecular flexibility index (Phi) is 5.44. The predicted molar refractivity (Wildman–Crippen MR) is 85.9 cm³/mol. The van der Waals surface area contributed by atoms with Crippen molar-refractivity contribution >= 4 is 39.1 Å². The lowest BCUT2D eigenvalue weighted by Crippen LogP contribution is -2.25. The standard InChI is InChI=1S/C15H13BrCl2FN/c16-14-8-12(19)4-2-9(14)5-13(20)6-10-1-3-11(17)7-15(10)18/h1-4,7-8,13H,5-6,20H2. The van der Waals surface area contributed by atoms with Crippen LogP contribution in [0.15, 0.2) is 40.9 Å². The summed E-state index contributed by atoms with van der Waals surface area (Å²) in [6.07, 6.45) is 1.28. The Morgan fingerprint density at radius 1 is 1.05 bits per heavy atom. The lowest BCUT2D eigenvalue weighted by Gasteiger charge is -2.14. The van der Waals surface area contributed by atoms with E-state index in [2.05, 4.69) is 15.9 Å². The zero-order chi connectivity index (χ0) is 14.7. The molecule has 1 unspecified atom stereocenters. The minimum absolute atomic E-state index is 0.101. The fourth-order valence-electron chi connectivity index (χ4n) is 2.01. The highest BCUT2D eigenvalue weighted by molar-refractivity contribution is 9.10. The summed E-state index contributed by atoms with van der Waals surface area (Å²) in [6.45, 7) is 0. The molecule has 2 rings (SSSR count). The van der Waals surface area contributed by atoms with Crippen molar-refractivity contribution in [3.05, 3.63) is 67.9 Å². The van der Waals surface area contributed by atoms with Crippen molar-refractivity contribution in [3.63, 3.8) is 0 Å². The molecule has 0 heterocycles. The van der Waals surface area contributed by atoms with Crippen LogP contribution in [0, 0.1) is 5.82 Å². The molecule has 2 aromatic rings. The van der Waals surface area contributed by atoms with Crippen molar-refractivity contribution in [2.75, 3.05) is 0 Å². The fourth-order valence-corrected chi connectivity index (χ4v) is 3.01. The molecule has 0 aliphatic rings. The number of halogens is 4. The van der Waals surface area contributed by atoms with Gasteiger partial charge >= 0.3 is 0 Å². The van der Waals surface area contributed by atoms with Crippen LogP contribution in [0.2, 0.25) is 10.0 Å². The maximum absolute atomic E-state index is 13.0.